The van der Waals surface area contributed by atoms with Gasteiger partial charge in [0.15, 0.2) is 6.10 Å². The van der Waals surface area contributed by atoms with Crippen molar-refractivity contribution < 1.29 is 27.8 Å². The molecule has 1 unspecified atom stereocenters. The van der Waals surface area contributed by atoms with Gasteiger partial charge in [-0.3, -0.25) is 0 Å². The van der Waals surface area contributed by atoms with E-state index in [1.807, 2.05) is 0 Å². The first-order valence-corrected chi connectivity index (χ1v) is 3.52. The number of carboxylic acid groups (broad SMARTS) is 1. The Morgan fingerprint density at radius 3 is 2.54 bits per heavy atom. The molecule has 0 radical (unpaired) electrons. The summed E-state index contributed by atoms with van der Waals surface area (Å²) in [5.41, 5.74) is -0.125. The van der Waals surface area contributed by atoms with E-state index in [0.717, 1.165) is 6.08 Å². The second kappa shape index (κ2) is 3.37. The minimum Gasteiger partial charge on any atom is -0.478 e. The summed E-state index contributed by atoms with van der Waals surface area (Å²) < 4.78 is 40.2. The Kier molecular flexibility index (Phi) is 2.60. The summed E-state index contributed by atoms with van der Waals surface area (Å²) in [6.45, 7) is -0.487. The molecule has 0 saturated heterocycles. The van der Waals surface area contributed by atoms with Gasteiger partial charge in [-0.1, -0.05) is 6.08 Å². The molecule has 0 bridgehead atoms. The smallest absolute Gasteiger partial charge is 0.414 e. The van der Waals surface area contributed by atoms with Crippen LogP contribution in [-0.4, -0.2) is 30.0 Å². The number of halogens is 3. The molecule has 0 aromatic carbocycles. The second-order valence-electron chi connectivity index (χ2n) is 2.61. The molecule has 6 heteroatoms. The van der Waals surface area contributed by atoms with Crippen LogP contribution in [0.5, 0.6) is 0 Å². The molecule has 1 N–H and O–H groups in total. The van der Waals surface area contributed by atoms with Gasteiger partial charge in [-0.05, 0) is 0 Å². The quantitative estimate of drug-likeness (QED) is 0.688. The first-order valence-electron chi connectivity index (χ1n) is 3.52. The van der Waals surface area contributed by atoms with Crippen molar-refractivity contribution in [2.75, 3.05) is 6.61 Å². The van der Waals surface area contributed by atoms with Gasteiger partial charge >= 0.3 is 12.1 Å². The maximum absolute atomic E-state index is 12.0. The van der Waals surface area contributed by atoms with E-state index in [0.29, 0.717) is 0 Å². The average molecular weight is 196 g/mol. The van der Waals surface area contributed by atoms with Crippen LogP contribution in [0.1, 0.15) is 6.42 Å². The summed E-state index contributed by atoms with van der Waals surface area (Å²) >= 11 is 0. The Balaban J connectivity index is 2.61. The highest BCUT2D eigenvalue weighted by molar-refractivity contribution is 5.86. The van der Waals surface area contributed by atoms with Gasteiger partial charge in [0, 0.05) is 6.42 Å². The van der Waals surface area contributed by atoms with Gasteiger partial charge in [0.05, 0.1) is 12.2 Å². The van der Waals surface area contributed by atoms with Gasteiger partial charge in [0.2, 0.25) is 0 Å². The zero-order chi connectivity index (χ0) is 10.1. The Morgan fingerprint density at radius 2 is 2.23 bits per heavy atom. The van der Waals surface area contributed by atoms with Crippen molar-refractivity contribution in [3.05, 3.63) is 11.6 Å². The molecule has 1 rings (SSSR count). The monoisotopic (exact) mass is 196 g/mol. The highest BCUT2D eigenvalue weighted by atomic mass is 19.4. The van der Waals surface area contributed by atoms with Crippen molar-refractivity contribution in [2.45, 2.75) is 18.7 Å². The van der Waals surface area contributed by atoms with Crippen LogP contribution in [0.3, 0.4) is 0 Å². The fraction of sp³-hybridized carbons (Fsp3) is 0.571. The largest absolute Gasteiger partial charge is 0.478 e. The van der Waals surface area contributed by atoms with Crippen molar-refractivity contribution in [3.63, 3.8) is 0 Å². The standard InChI is InChI=1S/C7H7F3O3/c8-7(9,10)5-2-1-4(3-13-5)6(11)12/h1,5H,2-3H2,(H,11,12). The molecule has 0 aromatic heterocycles. The molecular weight excluding hydrogens is 189 g/mol. The van der Waals surface area contributed by atoms with E-state index in [2.05, 4.69) is 4.74 Å². The molecule has 0 fully saturated rings. The Bertz CT molecular complexity index is 244. The number of hydrogen-bond acceptors (Lipinski definition) is 2. The van der Waals surface area contributed by atoms with E-state index in [9.17, 15) is 18.0 Å². The van der Waals surface area contributed by atoms with E-state index in [-0.39, 0.29) is 5.57 Å². The van der Waals surface area contributed by atoms with Crippen molar-refractivity contribution >= 4 is 5.97 Å². The van der Waals surface area contributed by atoms with E-state index in [1.165, 1.54) is 0 Å². The third-order valence-electron chi connectivity index (χ3n) is 1.66. The predicted molar refractivity (Wildman–Crippen MR) is 36.1 cm³/mol. The average Bonchev–Trinajstić information content (AvgIpc) is 2.03. The lowest BCUT2D eigenvalue weighted by Gasteiger charge is -2.23. The number of hydrogen-bond donors (Lipinski definition) is 1. The van der Waals surface area contributed by atoms with Crippen LogP contribution >= 0.6 is 0 Å². The lowest BCUT2D eigenvalue weighted by Crippen LogP contribution is -2.34. The molecule has 0 spiro atoms. The molecule has 3 nitrogen and oxygen atoms in total. The van der Waals surface area contributed by atoms with Crippen LogP contribution in [0.25, 0.3) is 0 Å². The fourth-order valence-electron chi connectivity index (χ4n) is 0.944. The first kappa shape index (κ1) is 10.0. The van der Waals surface area contributed by atoms with Gasteiger partial charge in [-0.15, -0.1) is 0 Å². The van der Waals surface area contributed by atoms with Crippen LogP contribution < -0.4 is 0 Å². The van der Waals surface area contributed by atoms with E-state index >= 15 is 0 Å². The maximum Gasteiger partial charge on any atom is 0.414 e. The van der Waals surface area contributed by atoms with Crippen molar-refractivity contribution in [2.24, 2.45) is 0 Å². The molecule has 1 aliphatic rings. The van der Waals surface area contributed by atoms with Crippen LogP contribution in [0.15, 0.2) is 11.6 Å². The van der Waals surface area contributed by atoms with Gasteiger partial charge in [0.25, 0.3) is 0 Å². The molecule has 0 amide bonds. The second-order valence-corrected chi connectivity index (χ2v) is 2.61. The number of carboxylic acids is 1. The third-order valence-corrected chi connectivity index (χ3v) is 1.66. The molecule has 1 heterocycles. The fourth-order valence-corrected chi connectivity index (χ4v) is 0.944. The highest BCUT2D eigenvalue weighted by Crippen LogP contribution is 2.28. The Hall–Kier alpha value is -1.04. The summed E-state index contributed by atoms with van der Waals surface area (Å²) in [5, 5.41) is 8.40. The molecule has 13 heavy (non-hydrogen) atoms. The van der Waals surface area contributed by atoms with Crippen molar-refractivity contribution in [3.8, 4) is 0 Å². The third kappa shape index (κ3) is 2.45. The number of rotatable bonds is 1. The number of aliphatic carboxylic acids is 1. The molecule has 74 valence electrons. The lowest BCUT2D eigenvalue weighted by atomic mass is 10.1. The summed E-state index contributed by atoms with van der Waals surface area (Å²) in [6, 6.07) is 0. The summed E-state index contributed by atoms with van der Waals surface area (Å²) in [4.78, 5) is 10.3. The van der Waals surface area contributed by atoms with E-state index in [4.69, 9.17) is 5.11 Å². The minimum atomic E-state index is -4.42. The first-order chi connectivity index (χ1) is 5.91. The lowest BCUT2D eigenvalue weighted by molar-refractivity contribution is -0.219. The van der Waals surface area contributed by atoms with Crippen molar-refractivity contribution in [1.82, 2.24) is 0 Å². The Labute approximate surface area is 71.8 Å². The molecular formula is C7H7F3O3. The van der Waals surface area contributed by atoms with Crippen LogP contribution in [-0.2, 0) is 9.53 Å². The van der Waals surface area contributed by atoms with Gasteiger partial charge in [0.1, 0.15) is 0 Å². The van der Waals surface area contributed by atoms with Crippen LogP contribution in [0.4, 0.5) is 13.2 Å². The van der Waals surface area contributed by atoms with E-state index < -0.39 is 31.3 Å². The van der Waals surface area contributed by atoms with E-state index in [1.54, 1.807) is 0 Å². The Morgan fingerprint density at radius 1 is 1.62 bits per heavy atom. The zero-order valence-electron chi connectivity index (χ0n) is 6.47. The van der Waals surface area contributed by atoms with Crippen LogP contribution in [0, 0.1) is 0 Å². The van der Waals surface area contributed by atoms with Crippen molar-refractivity contribution in [1.29, 1.82) is 0 Å². The maximum atomic E-state index is 12.0. The minimum absolute atomic E-state index is 0.125. The normalized spacial score (nSPS) is 23.9. The summed E-state index contributed by atoms with van der Waals surface area (Å²) in [6.07, 6.45) is -5.66. The topological polar surface area (TPSA) is 46.5 Å². The van der Waals surface area contributed by atoms with Gasteiger partial charge < -0.3 is 9.84 Å². The summed E-state index contributed by atoms with van der Waals surface area (Å²) in [5.74, 6) is -1.24. The van der Waals surface area contributed by atoms with Gasteiger partial charge in [-0.2, -0.15) is 13.2 Å². The predicted octanol–water partition coefficient (Wildman–Crippen LogP) is 1.35. The molecule has 1 atom stereocenters. The highest BCUT2D eigenvalue weighted by Gasteiger charge is 2.41. The van der Waals surface area contributed by atoms with Gasteiger partial charge in [-0.25, -0.2) is 4.79 Å². The number of alkyl halides is 3. The molecule has 0 aliphatic carbocycles. The van der Waals surface area contributed by atoms with Crippen LogP contribution in [0.2, 0.25) is 0 Å². The summed E-state index contributed by atoms with van der Waals surface area (Å²) in [7, 11) is 0. The molecule has 0 aromatic rings. The number of carbonyl (C=O) groups is 1. The SMILES string of the molecule is O=C(O)C1=CCC(C(F)(F)F)OC1. The number of ether oxygens (including phenoxy) is 1. The molecule has 1 aliphatic heterocycles. The zero-order valence-corrected chi connectivity index (χ0v) is 6.47. The molecule has 0 saturated carbocycles.